The topological polar surface area (TPSA) is 76.5 Å². The number of ether oxygens (including phenoxy) is 1. The minimum absolute atomic E-state index is 0.108. The highest BCUT2D eigenvalue weighted by atomic mass is 16.5. The molecule has 2 aromatic rings. The Bertz CT molecular complexity index is 859. The SMILES string of the molecule is Cc1cc(N2CCCC(NC(=O)COc3ccc(C)c(C)c3)C2=O)n(C)n1. The average Bonchev–Trinajstić information content (AvgIpc) is 2.96. The fraction of sp³-hybridized carbons (Fsp3) is 0.450. The molecule has 3 rings (SSSR count). The predicted octanol–water partition coefficient (Wildman–Crippen LogP) is 2.04. The van der Waals surface area contributed by atoms with Gasteiger partial charge in [-0.05, 0) is 56.9 Å². The highest BCUT2D eigenvalue weighted by molar-refractivity contribution is 5.99. The van der Waals surface area contributed by atoms with E-state index in [1.54, 1.807) is 9.58 Å². The molecule has 0 aliphatic carbocycles. The molecular formula is C20H26N4O3. The smallest absolute Gasteiger partial charge is 0.258 e. The molecule has 1 fully saturated rings. The molecule has 1 N–H and O–H groups in total. The number of benzene rings is 1. The molecule has 2 amide bonds. The number of aromatic nitrogens is 2. The van der Waals surface area contributed by atoms with E-state index in [1.165, 1.54) is 5.56 Å². The maximum Gasteiger partial charge on any atom is 0.258 e. The van der Waals surface area contributed by atoms with Gasteiger partial charge in [-0.25, -0.2) is 0 Å². The Morgan fingerprint density at radius 1 is 1.26 bits per heavy atom. The van der Waals surface area contributed by atoms with Crippen molar-refractivity contribution in [3.63, 3.8) is 0 Å². The summed E-state index contributed by atoms with van der Waals surface area (Å²) in [6, 6.07) is 7.05. The molecule has 1 saturated heterocycles. The molecule has 7 heteroatoms. The zero-order valence-corrected chi connectivity index (χ0v) is 16.3. The summed E-state index contributed by atoms with van der Waals surface area (Å²) in [5.74, 6) is 0.997. The third-order valence-corrected chi connectivity index (χ3v) is 4.88. The number of amides is 2. The minimum Gasteiger partial charge on any atom is -0.484 e. The molecule has 0 saturated carbocycles. The van der Waals surface area contributed by atoms with Gasteiger partial charge in [0.15, 0.2) is 6.61 Å². The lowest BCUT2D eigenvalue weighted by Gasteiger charge is -2.32. The molecule has 27 heavy (non-hydrogen) atoms. The number of nitrogens with zero attached hydrogens (tertiary/aromatic N) is 3. The Morgan fingerprint density at radius 2 is 2.04 bits per heavy atom. The van der Waals surface area contributed by atoms with Gasteiger partial charge in [-0.15, -0.1) is 0 Å². The van der Waals surface area contributed by atoms with Gasteiger partial charge in [0.2, 0.25) is 0 Å². The summed E-state index contributed by atoms with van der Waals surface area (Å²) in [5.41, 5.74) is 3.14. The molecule has 0 spiro atoms. The van der Waals surface area contributed by atoms with Crippen molar-refractivity contribution in [2.45, 2.75) is 39.7 Å². The van der Waals surface area contributed by atoms with Crippen LogP contribution in [0.1, 0.15) is 29.7 Å². The van der Waals surface area contributed by atoms with Crippen LogP contribution in [0.2, 0.25) is 0 Å². The largest absolute Gasteiger partial charge is 0.484 e. The first-order valence-electron chi connectivity index (χ1n) is 9.16. The van der Waals surface area contributed by atoms with Crippen molar-refractivity contribution in [3.05, 3.63) is 41.1 Å². The maximum absolute atomic E-state index is 12.8. The number of anilines is 1. The summed E-state index contributed by atoms with van der Waals surface area (Å²) in [4.78, 5) is 26.8. The van der Waals surface area contributed by atoms with E-state index in [4.69, 9.17) is 4.74 Å². The lowest BCUT2D eigenvalue weighted by molar-refractivity contribution is -0.129. The van der Waals surface area contributed by atoms with Gasteiger partial charge < -0.3 is 10.1 Å². The van der Waals surface area contributed by atoms with E-state index in [-0.39, 0.29) is 18.4 Å². The van der Waals surface area contributed by atoms with Crippen LogP contribution in [0.3, 0.4) is 0 Å². The second-order valence-electron chi connectivity index (χ2n) is 7.05. The lowest BCUT2D eigenvalue weighted by Crippen LogP contribution is -2.53. The predicted molar refractivity (Wildman–Crippen MR) is 103 cm³/mol. The van der Waals surface area contributed by atoms with Crippen LogP contribution in [-0.4, -0.2) is 40.8 Å². The van der Waals surface area contributed by atoms with Crippen molar-refractivity contribution < 1.29 is 14.3 Å². The van der Waals surface area contributed by atoms with Crippen LogP contribution >= 0.6 is 0 Å². The third-order valence-electron chi connectivity index (χ3n) is 4.88. The number of piperidine rings is 1. The number of hydrogen-bond acceptors (Lipinski definition) is 4. The average molecular weight is 370 g/mol. The van der Waals surface area contributed by atoms with Gasteiger partial charge in [-0.2, -0.15) is 5.10 Å². The van der Waals surface area contributed by atoms with E-state index in [1.807, 2.05) is 52.1 Å². The molecule has 1 aliphatic heterocycles. The standard InChI is InChI=1S/C20H26N4O3/c1-13-7-8-16(10-14(13)2)27-12-18(25)21-17-6-5-9-24(20(17)26)19-11-15(3)22-23(19)4/h7-8,10-11,17H,5-6,9,12H2,1-4H3,(H,21,25). The summed E-state index contributed by atoms with van der Waals surface area (Å²) in [6.45, 7) is 6.43. The van der Waals surface area contributed by atoms with Crippen LogP contribution < -0.4 is 15.0 Å². The van der Waals surface area contributed by atoms with Crippen molar-refractivity contribution >= 4 is 17.6 Å². The van der Waals surface area contributed by atoms with E-state index in [9.17, 15) is 9.59 Å². The van der Waals surface area contributed by atoms with E-state index in [2.05, 4.69) is 10.4 Å². The van der Waals surface area contributed by atoms with Gasteiger partial charge >= 0.3 is 0 Å². The first-order valence-corrected chi connectivity index (χ1v) is 9.16. The zero-order valence-electron chi connectivity index (χ0n) is 16.3. The Labute approximate surface area is 159 Å². The first kappa shape index (κ1) is 18.9. The summed E-state index contributed by atoms with van der Waals surface area (Å²) in [5, 5.41) is 7.10. The van der Waals surface area contributed by atoms with Gasteiger partial charge in [-0.1, -0.05) is 6.07 Å². The van der Waals surface area contributed by atoms with Gasteiger partial charge in [-0.3, -0.25) is 19.2 Å². The molecular weight excluding hydrogens is 344 g/mol. The summed E-state index contributed by atoms with van der Waals surface area (Å²) >= 11 is 0. The van der Waals surface area contributed by atoms with Crippen LogP contribution in [0.4, 0.5) is 5.82 Å². The maximum atomic E-state index is 12.8. The number of nitrogens with one attached hydrogen (secondary N) is 1. The van der Waals surface area contributed by atoms with Gasteiger partial charge in [0.05, 0.1) is 5.69 Å². The van der Waals surface area contributed by atoms with Crippen LogP contribution in [-0.2, 0) is 16.6 Å². The van der Waals surface area contributed by atoms with Gasteiger partial charge in [0.1, 0.15) is 17.6 Å². The number of carbonyl (C=O) groups excluding carboxylic acids is 2. The first-order chi connectivity index (χ1) is 12.8. The fourth-order valence-electron chi connectivity index (χ4n) is 3.27. The van der Waals surface area contributed by atoms with Crippen LogP contribution in [0.5, 0.6) is 5.75 Å². The second-order valence-corrected chi connectivity index (χ2v) is 7.05. The second kappa shape index (κ2) is 7.82. The molecule has 1 aliphatic rings. The number of rotatable bonds is 5. The van der Waals surface area contributed by atoms with Gasteiger partial charge in [0, 0.05) is 19.7 Å². The van der Waals surface area contributed by atoms with E-state index < -0.39 is 6.04 Å². The molecule has 1 aromatic heterocycles. The van der Waals surface area contributed by atoms with E-state index in [0.717, 1.165) is 23.5 Å². The van der Waals surface area contributed by atoms with Crippen LogP contribution in [0, 0.1) is 20.8 Å². The van der Waals surface area contributed by atoms with Crippen molar-refractivity contribution in [3.8, 4) is 5.75 Å². The van der Waals surface area contributed by atoms with Gasteiger partial charge in [0.25, 0.3) is 11.8 Å². The fourth-order valence-corrected chi connectivity index (χ4v) is 3.27. The molecule has 1 atom stereocenters. The summed E-state index contributed by atoms with van der Waals surface area (Å²) < 4.78 is 7.26. The molecule has 144 valence electrons. The van der Waals surface area contributed by atoms with Crippen molar-refractivity contribution in [1.82, 2.24) is 15.1 Å². The Morgan fingerprint density at radius 3 is 2.70 bits per heavy atom. The molecule has 2 heterocycles. The minimum atomic E-state index is -0.537. The molecule has 1 aromatic carbocycles. The summed E-state index contributed by atoms with van der Waals surface area (Å²) in [7, 11) is 1.81. The zero-order chi connectivity index (χ0) is 19.6. The molecule has 0 bridgehead atoms. The number of aryl methyl sites for hydroxylation is 4. The highest BCUT2D eigenvalue weighted by Crippen LogP contribution is 2.21. The highest BCUT2D eigenvalue weighted by Gasteiger charge is 2.32. The molecule has 7 nitrogen and oxygen atoms in total. The molecule has 1 unspecified atom stereocenters. The summed E-state index contributed by atoms with van der Waals surface area (Å²) in [6.07, 6.45) is 1.44. The Hall–Kier alpha value is -2.83. The van der Waals surface area contributed by atoms with Crippen LogP contribution in [0.15, 0.2) is 24.3 Å². The van der Waals surface area contributed by atoms with Crippen molar-refractivity contribution in [1.29, 1.82) is 0 Å². The third kappa shape index (κ3) is 4.30. The monoisotopic (exact) mass is 370 g/mol. The quantitative estimate of drug-likeness (QED) is 0.874. The van der Waals surface area contributed by atoms with Crippen LogP contribution in [0.25, 0.3) is 0 Å². The molecule has 0 radical (unpaired) electrons. The van der Waals surface area contributed by atoms with E-state index in [0.29, 0.717) is 18.7 Å². The van der Waals surface area contributed by atoms with E-state index >= 15 is 0 Å². The Balaban J connectivity index is 1.59. The number of carbonyl (C=O) groups is 2. The number of hydrogen-bond donors (Lipinski definition) is 1. The van der Waals surface area contributed by atoms with Crippen molar-refractivity contribution in [2.24, 2.45) is 7.05 Å². The Kier molecular flexibility index (Phi) is 5.48. The normalized spacial score (nSPS) is 17.1. The lowest BCUT2D eigenvalue weighted by atomic mass is 10.0. The van der Waals surface area contributed by atoms with Crippen molar-refractivity contribution in [2.75, 3.05) is 18.1 Å².